The molecule has 0 unspecified atom stereocenters. The number of nitrogens with one attached hydrogen (secondary N) is 1. The molecule has 0 spiro atoms. The number of carbonyl (C=O) groups excluding carboxylic acids is 1. The van der Waals surface area contributed by atoms with E-state index in [9.17, 15) is 4.79 Å². The molecule has 3 rings (SSSR count). The number of hydrogen-bond donors (Lipinski definition) is 2. The van der Waals surface area contributed by atoms with Crippen LogP contribution in [0.25, 0.3) is 11.0 Å². The van der Waals surface area contributed by atoms with Gasteiger partial charge in [0.1, 0.15) is 0 Å². The molecule has 3 N–H and O–H groups in total. The number of H-pyrrole nitrogens is 1. The largest absolute Gasteiger partial charge is 0.369 e. The van der Waals surface area contributed by atoms with E-state index < -0.39 is 0 Å². The van der Waals surface area contributed by atoms with Crippen molar-refractivity contribution in [3.63, 3.8) is 0 Å². The van der Waals surface area contributed by atoms with Gasteiger partial charge in [0, 0.05) is 16.8 Å². The molecule has 0 aliphatic carbocycles. The third kappa shape index (κ3) is 3.78. The molecule has 1 heterocycles. The third-order valence-electron chi connectivity index (χ3n) is 3.66. The van der Waals surface area contributed by atoms with E-state index in [1.54, 1.807) is 36.8 Å². The average Bonchev–Trinajstić information content (AvgIpc) is 3.08. The van der Waals surface area contributed by atoms with Crippen molar-refractivity contribution in [3.8, 4) is 0 Å². The van der Waals surface area contributed by atoms with Crippen molar-refractivity contribution < 1.29 is 4.79 Å². The minimum Gasteiger partial charge on any atom is -0.369 e. The topological polar surface area (TPSA) is 87.4 Å². The zero-order valence-corrected chi connectivity index (χ0v) is 15.0. The summed E-state index contributed by atoms with van der Waals surface area (Å²) in [4.78, 5) is 21.6. The highest BCUT2D eigenvalue weighted by atomic mass is 35.5. The SMILES string of the molecule is CSN=C(N)N(Cc1ccccc1Cl)C(=O)c1ccc2nc[nH]c2c1. The van der Waals surface area contributed by atoms with Crippen LogP contribution in [0.15, 0.2) is 53.2 Å². The molecule has 0 saturated heterocycles. The maximum Gasteiger partial charge on any atom is 0.260 e. The number of benzene rings is 2. The first-order valence-electron chi connectivity index (χ1n) is 7.45. The average molecular weight is 374 g/mol. The van der Waals surface area contributed by atoms with Gasteiger partial charge in [-0.1, -0.05) is 29.8 Å². The van der Waals surface area contributed by atoms with Crippen molar-refractivity contribution in [1.29, 1.82) is 0 Å². The van der Waals surface area contributed by atoms with Crippen molar-refractivity contribution in [2.45, 2.75) is 6.54 Å². The second-order valence-corrected chi connectivity index (χ2v) is 6.20. The van der Waals surface area contributed by atoms with Gasteiger partial charge in [0.15, 0.2) is 0 Å². The first-order valence-corrected chi connectivity index (χ1v) is 9.01. The number of guanidine groups is 1. The van der Waals surface area contributed by atoms with Crippen LogP contribution in [0.4, 0.5) is 0 Å². The van der Waals surface area contributed by atoms with Crippen molar-refractivity contribution >= 4 is 46.4 Å². The van der Waals surface area contributed by atoms with Crippen LogP contribution >= 0.6 is 23.5 Å². The molecule has 6 nitrogen and oxygen atoms in total. The van der Waals surface area contributed by atoms with Crippen LogP contribution < -0.4 is 5.73 Å². The van der Waals surface area contributed by atoms with Crippen molar-refractivity contribution in [1.82, 2.24) is 14.9 Å². The summed E-state index contributed by atoms with van der Waals surface area (Å²) < 4.78 is 4.10. The summed E-state index contributed by atoms with van der Waals surface area (Å²) in [6.07, 6.45) is 3.37. The van der Waals surface area contributed by atoms with Crippen molar-refractivity contribution in [2.75, 3.05) is 6.26 Å². The Morgan fingerprint density at radius 1 is 1.36 bits per heavy atom. The molecule has 2 aromatic carbocycles. The quantitative estimate of drug-likeness (QED) is 0.416. The van der Waals surface area contributed by atoms with Crippen molar-refractivity contribution in [2.24, 2.45) is 10.1 Å². The molecular weight excluding hydrogens is 358 g/mol. The van der Waals surface area contributed by atoms with E-state index in [0.717, 1.165) is 16.6 Å². The highest BCUT2D eigenvalue weighted by Gasteiger charge is 2.21. The summed E-state index contributed by atoms with van der Waals surface area (Å²) in [5.41, 5.74) is 8.88. The predicted octanol–water partition coefficient (Wildman–Crippen LogP) is 3.45. The highest BCUT2D eigenvalue weighted by molar-refractivity contribution is 7.97. The Bertz CT molecular complexity index is 939. The highest BCUT2D eigenvalue weighted by Crippen LogP contribution is 2.20. The van der Waals surface area contributed by atoms with Gasteiger partial charge in [0.25, 0.3) is 5.91 Å². The Balaban J connectivity index is 1.96. The van der Waals surface area contributed by atoms with E-state index in [4.69, 9.17) is 17.3 Å². The van der Waals surface area contributed by atoms with Gasteiger partial charge in [0.2, 0.25) is 5.96 Å². The van der Waals surface area contributed by atoms with Crippen LogP contribution in [0.2, 0.25) is 5.02 Å². The van der Waals surface area contributed by atoms with Crippen LogP contribution in [0.3, 0.4) is 0 Å². The molecule has 0 atom stereocenters. The van der Waals surface area contributed by atoms with E-state index in [1.165, 1.54) is 16.8 Å². The van der Waals surface area contributed by atoms with Gasteiger partial charge in [-0.05, 0) is 41.8 Å². The number of halogens is 1. The number of fused-ring (bicyclic) bond motifs is 1. The van der Waals surface area contributed by atoms with Gasteiger partial charge in [-0.2, -0.15) is 4.40 Å². The fraction of sp³-hybridized carbons (Fsp3) is 0.118. The minimum absolute atomic E-state index is 0.127. The van der Waals surface area contributed by atoms with Crippen LogP contribution in [-0.4, -0.2) is 33.0 Å². The molecule has 0 aliphatic heterocycles. The number of carbonyl (C=O) groups is 1. The Morgan fingerprint density at radius 3 is 2.92 bits per heavy atom. The lowest BCUT2D eigenvalue weighted by Crippen LogP contribution is -2.41. The van der Waals surface area contributed by atoms with E-state index in [1.807, 2.05) is 18.2 Å². The summed E-state index contributed by atoms with van der Waals surface area (Å²) in [6.45, 7) is 0.232. The van der Waals surface area contributed by atoms with Gasteiger partial charge in [-0.3, -0.25) is 9.69 Å². The zero-order valence-electron chi connectivity index (χ0n) is 13.4. The second kappa shape index (κ2) is 7.58. The standard InChI is InChI=1S/C17H16ClN5OS/c1-25-22-17(19)23(9-12-4-2-3-5-13(12)18)16(24)11-6-7-14-15(8-11)21-10-20-14/h2-8,10H,9H2,1H3,(H2,19,22)(H,20,21). The number of aromatic nitrogens is 2. The van der Waals surface area contributed by atoms with Crippen LogP contribution in [0, 0.1) is 0 Å². The first-order chi connectivity index (χ1) is 12.1. The molecule has 0 saturated carbocycles. The Kier molecular flexibility index (Phi) is 5.25. The fourth-order valence-corrected chi connectivity index (χ4v) is 2.90. The summed E-state index contributed by atoms with van der Waals surface area (Å²) in [7, 11) is 0. The predicted molar refractivity (Wildman–Crippen MR) is 103 cm³/mol. The number of hydrogen-bond acceptors (Lipinski definition) is 4. The van der Waals surface area contributed by atoms with Gasteiger partial charge >= 0.3 is 0 Å². The van der Waals surface area contributed by atoms with Crippen LogP contribution in [-0.2, 0) is 6.54 Å². The molecule has 0 fully saturated rings. The maximum absolute atomic E-state index is 13.0. The molecule has 128 valence electrons. The summed E-state index contributed by atoms with van der Waals surface area (Å²) >= 11 is 7.42. The number of aromatic amines is 1. The molecule has 3 aromatic rings. The molecule has 1 aromatic heterocycles. The minimum atomic E-state index is -0.258. The monoisotopic (exact) mass is 373 g/mol. The van der Waals surface area contributed by atoms with Crippen LogP contribution in [0.1, 0.15) is 15.9 Å². The number of rotatable bonds is 4. The molecular formula is C17H16ClN5OS. The van der Waals surface area contributed by atoms with Gasteiger partial charge in [-0.15, -0.1) is 0 Å². The lowest BCUT2D eigenvalue weighted by molar-refractivity contribution is 0.0839. The summed E-state index contributed by atoms with van der Waals surface area (Å²) in [5, 5.41) is 0.571. The molecule has 0 bridgehead atoms. The second-order valence-electron chi connectivity index (χ2n) is 5.25. The van der Waals surface area contributed by atoms with Gasteiger partial charge < -0.3 is 10.7 Å². The Morgan fingerprint density at radius 2 is 2.16 bits per heavy atom. The first kappa shape index (κ1) is 17.3. The van der Waals surface area contributed by atoms with Crippen LogP contribution in [0.5, 0.6) is 0 Å². The zero-order chi connectivity index (χ0) is 17.8. The normalized spacial score (nSPS) is 11.7. The van der Waals surface area contributed by atoms with Gasteiger partial charge in [0.05, 0.1) is 23.9 Å². The fourth-order valence-electron chi connectivity index (χ4n) is 2.42. The number of nitrogens with two attached hydrogens (primary N) is 1. The number of amides is 1. The Hall–Kier alpha value is -2.51. The lowest BCUT2D eigenvalue weighted by Gasteiger charge is -2.22. The number of imidazole rings is 1. The molecule has 8 heteroatoms. The van der Waals surface area contributed by atoms with E-state index in [2.05, 4.69) is 14.4 Å². The molecule has 25 heavy (non-hydrogen) atoms. The lowest BCUT2D eigenvalue weighted by atomic mass is 10.1. The van der Waals surface area contributed by atoms with Crippen molar-refractivity contribution in [3.05, 3.63) is 64.9 Å². The Labute approximate surface area is 154 Å². The molecule has 1 amide bonds. The number of nitrogens with zero attached hydrogens (tertiary/aromatic N) is 3. The van der Waals surface area contributed by atoms with E-state index in [-0.39, 0.29) is 18.4 Å². The smallest absolute Gasteiger partial charge is 0.260 e. The van der Waals surface area contributed by atoms with E-state index in [0.29, 0.717) is 10.6 Å². The molecule has 0 radical (unpaired) electrons. The van der Waals surface area contributed by atoms with E-state index >= 15 is 0 Å². The van der Waals surface area contributed by atoms with Gasteiger partial charge in [-0.25, -0.2) is 4.98 Å². The summed E-state index contributed by atoms with van der Waals surface area (Å²) in [5.74, 6) is -0.131. The summed E-state index contributed by atoms with van der Waals surface area (Å²) in [6, 6.07) is 12.6. The molecule has 0 aliphatic rings. The maximum atomic E-state index is 13.0. The third-order valence-corrected chi connectivity index (χ3v) is 4.40.